The van der Waals surface area contributed by atoms with Gasteiger partial charge in [-0.25, -0.2) is 4.68 Å². The lowest BCUT2D eigenvalue weighted by atomic mass is 10.0. The number of likely N-dealkylation sites (tertiary alicyclic amines) is 1. The number of fused-ring (bicyclic) bond motifs is 1. The van der Waals surface area contributed by atoms with E-state index < -0.39 is 0 Å². The lowest BCUT2D eigenvalue weighted by Crippen LogP contribution is -2.44. The van der Waals surface area contributed by atoms with Gasteiger partial charge in [-0.15, -0.1) is 5.10 Å². The summed E-state index contributed by atoms with van der Waals surface area (Å²) in [6, 6.07) is 10.6. The van der Waals surface area contributed by atoms with Gasteiger partial charge in [0.15, 0.2) is 0 Å². The molecule has 1 aliphatic carbocycles. The first kappa shape index (κ1) is 20.6. The minimum Gasteiger partial charge on any atom is -0.365 e. The minimum atomic E-state index is 0.0341. The van der Waals surface area contributed by atoms with Crippen molar-refractivity contribution in [3.05, 3.63) is 47.3 Å². The average Bonchev–Trinajstić information content (AvgIpc) is 3.45. The summed E-state index contributed by atoms with van der Waals surface area (Å²) in [5.74, 6) is 0.867. The number of carbonyl (C=O) groups excluding carboxylic acids is 1. The van der Waals surface area contributed by atoms with Crippen molar-refractivity contribution < 1.29 is 9.53 Å². The molecule has 1 N–H and O–H groups in total. The monoisotopic (exact) mass is 423 g/mol. The number of aromatic nitrogens is 3. The highest BCUT2D eigenvalue weighted by Crippen LogP contribution is 2.28. The highest BCUT2D eigenvalue weighted by atomic mass is 16.5. The third-order valence-corrected chi connectivity index (χ3v) is 7.12. The number of rotatable bonds is 6. The summed E-state index contributed by atoms with van der Waals surface area (Å²) in [5.41, 5.74) is 3.30. The SMILES string of the molecule is O=C(CC1CCCC1)NC1CCN(Cc2nnn3c2COC(c2ccccc2)C3)CC1. The van der Waals surface area contributed by atoms with Crippen LogP contribution in [0.3, 0.4) is 0 Å². The second kappa shape index (κ2) is 9.49. The van der Waals surface area contributed by atoms with Gasteiger partial charge in [0, 0.05) is 32.1 Å². The first-order valence-electron chi connectivity index (χ1n) is 11.8. The Balaban J connectivity index is 1.10. The second-order valence-electron chi connectivity index (χ2n) is 9.35. The predicted octanol–water partition coefficient (Wildman–Crippen LogP) is 3.21. The van der Waals surface area contributed by atoms with Gasteiger partial charge in [-0.2, -0.15) is 0 Å². The Hall–Kier alpha value is -2.25. The molecule has 1 atom stereocenters. The maximum absolute atomic E-state index is 12.3. The zero-order chi connectivity index (χ0) is 21.0. The molecule has 5 rings (SSSR count). The van der Waals surface area contributed by atoms with E-state index >= 15 is 0 Å². The van der Waals surface area contributed by atoms with Gasteiger partial charge >= 0.3 is 0 Å². The van der Waals surface area contributed by atoms with Crippen LogP contribution in [0.4, 0.5) is 0 Å². The number of benzene rings is 1. The third-order valence-electron chi connectivity index (χ3n) is 7.12. The first-order chi connectivity index (χ1) is 15.2. The molecule has 1 amide bonds. The van der Waals surface area contributed by atoms with Gasteiger partial charge in [0.05, 0.1) is 18.8 Å². The molecule has 0 spiro atoms. The predicted molar refractivity (Wildman–Crippen MR) is 117 cm³/mol. The zero-order valence-corrected chi connectivity index (χ0v) is 18.2. The fourth-order valence-corrected chi connectivity index (χ4v) is 5.27. The van der Waals surface area contributed by atoms with Gasteiger partial charge in [-0.3, -0.25) is 9.69 Å². The van der Waals surface area contributed by atoms with Gasteiger partial charge in [-0.1, -0.05) is 48.4 Å². The summed E-state index contributed by atoms with van der Waals surface area (Å²) < 4.78 is 8.13. The van der Waals surface area contributed by atoms with Crippen LogP contribution in [0.25, 0.3) is 0 Å². The van der Waals surface area contributed by atoms with Crippen molar-refractivity contribution in [3.8, 4) is 0 Å². The van der Waals surface area contributed by atoms with Crippen molar-refractivity contribution in [2.24, 2.45) is 5.92 Å². The molecule has 2 aromatic rings. The molecule has 1 unspecified atom stereocenters. The topological polar surface area (TPSA) is 72.3 Å². The summed E-state index contributed by atoms with van der Waals surface area (Å²) >= 11 is 0. The Bertz CT molecular complexity index is 869. The van der Waals surface area contributed by atoms with Gasteiger partial charge < -0.3 is 10.1 Å². The molecule has 3 heterocycles. The highest BCUT2D eigenvalue weighted by Gasteiger charge is 2.27. The van der Waals surface area contributed by atoms with Crippen molar-refractivity contribution in [2.45, 2.75) is 76.8 Å². The lowest BCUT2D eigenvalue weighted by Gasteiger charge is -2.32. The highest BCUT2D eigenvalue weighted by molar-refractivity contribution is 5.76. The van der Waals surface area contributed by atoms with E-state index in [1.807, 2.05) is 22.9 Å². The minimum absolute atomic E-state index is 0.0341. The molecular weight excluding hydrogens is 390 g/mol. The van der Waals surface area contributed by atoms with Gasteiger partial charge in [0.1, 0.15) is 11.8 Å². The summed E-state index contributed by atoms with van der Waals surface area (Å²) in [5, 5.41) is 12.1. The van der Waals surface area contributed by atoms with Crippen LogP contribution in [-0.2, 0) is 29.2 Å². The fourth-order valence-electron chi connectivity index (χ4n) is 5.27. The van der Waals surface area contributed by atoms with Crippen LogP contribution in [-0.4, -0.2) is 44.9 Å². The Morgan fingerprint density at radius 2 is 1.87 bits per heavy atom. The Morgan fingerprint density at radius 1 is 1.10 bits per heavy atom. The number of nitrogens with zero attached hydrogens (tertiary/aromatic N) is 4. The van der Waals surface area contributed by atoms with E-state index in [0.29, 0.717) is 25.1 Å². The molecule has 1 saturated carbocycles. The molecule has 1 saturated heterocycles. The molecule has 2 fully saturated rings. The van der Waals surface area contributed by atoms with E-state index in [4.69, 9.17) is 4.74 Å². The van der Waals surface area contributed by atoms with E-state index in [2.05, 4.69) is 32.7 Å². The third kappa shape index (κ3) is 4.99. The summed E-state index contributed by atoms with van der Waals surface area (Å²) in [6.45, 7) is 4.02. The fraction of sp³-hybridized carbons (Fsp3) is 0.625. The Morgan fingerprint density at radius 3 is 2.65 bits per heavy atom. The molecule has 0 bridgehead atoms. The Labute approximate surface area is 184 Å². The van der Waals surface area contributed by atoms with Crippen molar-refractivity contribution in [1.29, 1.82) is 0 Å². The van der Waals surface area contributed by atoms with Crippen molar-refractivity contribution in [1.82, 2.24) is 25.2 Å². The second-order valence-corrected chi connectivity index (χ2v) is 9.35. The molecule has 1 aromatic carbocycles. The van der Waals surface area contributed by atoms with E-state index in [1.54, 1.807) is 0 Å². The van der Waals surface area contributed by atoms with Crippen LogP contribution in [0.15, 0.2) is 30.3 Å². The smallest absolute Gasteiger partial charge is 0.220 e. The maximum atomic E-state index is 12.3. The van der Waals surface area contributed by atoms with E-state index in [0.717, 1.165) is 50.3 Å². The molecule has 31 heavy (non-hydrogen) atoms. The van der Waals surface area contributed by atoms with Crippen LogP contribution < -0.4 is 5.32 Å². The normalized spacial score (nSPS) is 23.0. The maximum Gasteiger partial charge on any atom is 0.220 e. The van der Waals surface area contributed by atoms with Crippen molar-refractivity contribution in [3.63, 3.8) is 0 Å². The number of piperidine rings is 1. The first-order valence-corrected chi connectivity index (χ1v) is 11.8. The number of hydrogen-bond donors (Lipinski definition) is 1. The van der Waals surface area contributed by atoms with E-state index in [9.17, 15) is 4.79 Å². The van der Waals surface area contributed by atoms with Crippen LogP contribution in [0.5, 0.6) is 0 Å². The van der Waals surface area contributed by atoms with Crippen LogP contribution in [0.2, 0.25) is 0 Å². The molecule has 1 aromatic heterocycles. The zero-order valence-electron chi connectivity index (χ0n) is 18.2. The average molecular weight is 424 g/mol. The van der Waals surface area contributed by atoms with Crippen molar-refractivity contribution >= 4 is 5.91 Å². The number of ether oxygens (including phenoxy) is 1. The number of amides is 1. The molecule has 0 radical (unpaired) electrons. The summed E-state index contributed by atoms with van der Waals surface area (Å²) in [7, 11) is 0. The summed E-state index contributed by atoms with van der Waals surface area (Å²) in [6.07, 6.45) is 7.80. The molecule has 2 aliphatic heterocycles. The van der Waals surface area contributed by atoms with Crippen LogP contribution in [0.1, 0.15) is 68.0 Å². The Kier molecular flexibility index (Phi) is 6.32. The quantitative estimate of drug-likeness (QED) is 0.772. The number of nitrogens with one attached hydrogen (secondary N) is 1. The molecular formula is C24H33N5O2. The lowest BCUT2D eigenvalue weighted by molar-refractivity contribution is -0.123. The van der Waals surface area contributed by atoms with Crippen LogP contribution >= 0.6 is 0 Å². The molecule has 7 heteroatoms. The molecule has 3 aliphatic rings. The van der Waals surface area contributed by atoms with Gasteiger partial charge in [0.25, 0.3) is 0 Å². The molecule has 7 nitrogen and oxygen atoms in total. The van der Waals surface area contributed by atoms with Crippen LogP contribution in [0, 0.1) is 5.92 Å². The van der Waals surface area contributed by atoms with E-state index in [-0.39, 0.29) is 12.0 Å². The summed E-state index contributed by atoms with van der Waals surface area (Å²) in [4.78, 5) is 14.8. The van der Waals surface area contributed by atoms with Gasteiger partial charge in [-0.05, 0) is 37.2 Å². The standard InChI is InChI=1S/C24H33N5O2/c30-24(14-18-6-4-5-7-18)25-20-10-12-28(13-11-20)15-21-22-17-31-23(16-29(22)27-26-21)19-8-2-1-3-9-19/h1-3,8-9,18,20,23H,4-7,10-17H2,(H,25,30). The largest absolute Gasteiger partial charge is 0.365 e. The van der Waals surface area contributed by atoms with Crippen molar-refractivity contribution in [2.75, 3.05) is 13.1 Å². The van der Waals surface area contributed by atoms with Gasteiger partial charge in [0.2, 0.25) is 5.91 Å². The number of carbonyl (C=O) groups is 1. The number of hydrogen-bond acceptors (Lipinski definition) is 5. The molecule has 166 valence electrons. The van der Waals surface area contributed by atoms with E-state index in [1.165, 1.54) is 31.2 Å².